The Balaban J connectivity index is 2.15. The molecule has 0 spiro atoms. The summed E-state index contributed by atoms with van der Waals surface area (Å²) in [5, 5.41) is 12.8. The number of amides is 1. The van der Waals surface area contributed by atoms with Gasteiger partial charge < -0.3 is 10.4 Å². The van der Waals surface area contributed by atoms with E-state index in [1.807, 2.05) is 30.3 Å². The number of aliphatic hydroxyl groups excluding tert-OH is 1. The topological polar surface area (TPSA) is 49.3 Å². The number of nitrogens with one attached hydrogen (secondary N) is 1. The highest BCUT2D eigenvalue weighted by Gasteiger charge is 2.15. The van der Waals surface area contributed by atoms with Crippen LogP contribution >= 0.6 is 34.2 Å². The number of benzene rings is 2. The van der Waals surface area contributed by atoms with E-state index in [2.05, 4.69) is 27.9 Å². The molecule has 2 aromatic carbocycles. The van der Waals surface area contributed by atoms with Crippen LogP contribution < -0.4 is 5.32 Å². The van der Waals surface area contributed by atoms with Crippen LogP contribution in [0.2, 0.25) is 5.02 Å². The molecule has 2 aromatic rings. The van der Waals surface area contributed by atoms with E-state index in [0.29, 0.717) is 10.6 Å². The minimum absolute atomic E-state index is 0.159. The van der Waals surface area contributed by atoms with Crippen molar-refractivity contribution in [1.29, 1.82) is 0 Å². The van der Waals surface area contributed by atoms with Crippen LogP contribution in [0.1, 0.15) is 22.0 Å². The number of carbonyl (C=O) groups excluding carboxylic acids is 1. The summed E-state index contributed by atoms with van der Waals surface area (Å²) in [6.45, 7) is -0.159. The first kappa shape index (κ1) is 15.3. The lowest BCUT2D eigenvalue weighted by Gasteiger charge is -2.17. The van der Waals surface area contributed by atoms with Crippen molar-refractivity contribution in [3.8, 4) is 0 Å². The van der Waals surface area contributed by atoms with Crippen LogP contribution in [0.4, 0.5) is 0 Å². The maximum absolute atomic E-state index is 12.2. The molecule has 0 aliphatic heterocycles. The minimum Gasteiger partial charge on any atom is -0.394 e. The van der Waals surface area contributed by atoms with Gasteiger partial charge >= 0.3 is 0 Å². The average molecular weight is 402 g/mol. The molecule has 0 bridgehead atoms. The Morgan fingerprint density at radius 1 is 1.25 bits per heavy atom. The van der Waals surface area contributed by atoms with E-state index in [0.717, 1.165) is 9.13 Å². The summed E-state index contributed by atoms with van der Waals surface area (Å²) in [6, 6.07) is 14.0. The fourth-order valence-electron chi connectivity index (χ4n) is 1.80. The molecule has 104 valence electrons. The standard InChI is InChI=1S/C15H13ClINO2/c16-12-8-11(6-7-13(12)17)15(20)18-14(9-19)10-4-2-1-3-5-10/h1-8,14,19H,9H2,(H,18,20). The van der Waals surface area contributed by atoms with Crippen LogP contribution in [0.5, 0.6) is 0 Å². The summed E-state index contributed by atoms with van der Waals surface area (Å²) in [5.74, 6) is -0.258. The fourth-order valence-corrected chi connectivity index (χ4v) is 2.31. The molecule has 20 heavy (non-hydrogen) atoms. The van der Waals surface area contributed by atoms with Gasteiger partial charge in [0.25, 0.3) is 5.91 Å². The summed E-state index contributed by atoms with van der Waals surface area (Å²) in [7, 11) is 0. The third kappa shape index (κ3) is 3.71. The normalized spacial score (nSPS) is 11.9. The lowest BCUT2D eigenvalue weighted by atomic mass is 10.1. The molecule has 0 aliphatic carbocycles. The largest absolute Gasteiger partial charge is 0.394 e. The summed E-state index contributed by atoms with van der Waals surface area (Å²) < 4.78 is 0.891. The molecule has 1 unspecified atom stereocenters. The first-order valence-corrected chi connectivity index (χ1v) is 7.49. The monoisotopic (exact) mass is 401 g/mol. The Labute approximate surface area is 136 Å². The Kier molecular flexibility index (Phi) is 5.39. The summed E-state index contributed by atoms with van der Waals surface area (Å²) in [6.07, 6.45) is 0. The second-order valence-electron chi connectivity index (χ2n) is 4.25. The molecule has 3 nitrogen and oxygen atoms in total. The maximum atomic E-state index is 12.2. The van der Waals surface area contributed by atoms with Crippen molar-refractivity contribution in [2.45, 2.75) is 6.04 Å². The number of rotatable bonds is 4. The molecule has 0 radical (unpaired) electrons. The zero-order chi connectivity index (χ0) is 14.5. The average Bonchev–Trinajstić information content (AvgIpc) is 2.48. The SMILES string of the molecule is O=C(NC(CO)c1ccccc1)c1ccc(I)c(Cl)c1. The van der Waals surface area contributed by atoms with Crippen LogP contribution in [0.25, 0.3) is 0 Å². The lowest BCUT2D eigenvalue weighted by Crippen LogP contribution is -2.30. The molecule has 1 atom stereocenters. The van der Waals surface area contributed by atoms with Crippen molar-refractivity contribution < 1.29 is 9.90 Å². The maximum Gasteiger partial charge on any atom is 0.251 e. The number of hydrogen-bond acceptors (Lipinski definition) is 2. The minimum atomic E-state index is -0.429. The third-order valence-electron chi connectivity index (χ3n) is 2.87. The molecule has 0 saturated heterocycles. The van der Waals surface area contributed by atoms with Gasteiger partial charge in [0.05, 0.1) is 17.7 Å². The van der Waals surface area contributed by atoms with Crippen molar-refractivity contribution in [2.24, 2.45) is 0 Å². The summed E-state index contributed by atoms with van der Waals surface area (Å²) in [4.78, 5) is 12.2. The smallest absolute Gasteiger partial charge is 0.251 e. The molecular weight excluding hydrogens is 389 g/mol. The van der Waals surface area contributed by atoms with E-state index >= 15 is 0 Å². The van der Waals surface area contributed by atoms with Crippen molar-refractivity contribution in [2.75, 3.05) is 6.61 Å². The second kappa shape index (κ2) is 7.06. The van der Waals surface area contributed by atoms with Gasteiger partial charge in [-0.1, -0.05) is 41.9 Å². The Morgan fingerprint density at radius 3 is 2.55 bits per heavy atom. The molecule has 0 fully saturated rings. The second-order valence-corrected chi connectivity index (χ2v) is 5.82. The van der Waals surface area contributed by atoms with Crippen molar-refractivity contribution in [3.63, 3.8) is 0 Å². The molecule has 0 aromatic heterocycles. The predicted molar refractivity (Wildman–Crippen MR) is 87.9 cm³/mol. The van der Waals surface area contributed by atoms with Gasteiger partial charge in [-0.3, -0.25) is 4.79 Å². The highest BCUT2D eigenvalue weighted by molar-refractivity contribution is 14.1. The van der Waals surface area contributed by atoms with E-state index in [-0.39, 0.29) is 12.5 Å². The molecule has 5 heteroatoms. The predicted octanol–water partition coefficient (Wildman–Crippen LogP) is 3.41. The number of halogens is 2. The van der Waals surface area contributed by atoms with Gasteiger partial charge in [0, 0.05) is 9.13 Å². The number of aliphatic hydroxyl groups is 1. The molecule has 2 rings (SSSR count). The zero-order valence-electron chi connectivity index (χ0n) is 10.5. The van der Waals surface area contributed by atoms with E-state index in [9.17, 15) is 9.90 Å². The van der Waals surface area contributed by atoms with Crippen LogP contribution in [-0.4, -0.2) is 17.6 Å². The number of hydrogen-bond donors (Lipinski definition) is 2. The van der Waals surface area contributed by atoms with Crippen LogP contribution in [0, 0.1) is 3.57 Å². The quantitative estimate of drug-likeness (QED) is 0.772. The lowest BCUT2D eigenvalue weighted by molar-refractivity contribution is 0.0916. The van der Waals surface area contributed by atoms with Crippen LogP contribution in [-0.2, 0) is 0 Å². The van der Waals surface area contributed by atoms with E-state index in [1.54, 1.807) is 18.2 Å². The number of carbonyl (C=O) groups is 1. The van der Waals surface area contributed by atoms with Crippen molar-refractivity contribution in [3.05, 3.63) is 68.3 Å². The highest BCUT2D eigenvalue weighted by atomic mass is 127. The van der Waals surface area contributed by atoms with Crippen molar-refractivity contribution >= 4 is 40.1 Å². The zero-order valence-corrected chi connectivity index (χ0v) is 13.4. The molecule has 0 aliphatic rings. The van der Waals surface area contributed by atoms with Gasteiger partial charge in [-0.2, -0.15) is 0 Å². The Hall–Kier alpha value is -1.11. The summed E-state index contributed by atoms with van der Waals surface area (Å²) in [5.41, 5.74) is 1.34. The van der Waals surface area contributed by atoms with Gasteiger partial charge in [-0.25, -0.2) is 0 Å². The van der Waals surface area contributed by atoms with Crippen LogP contribution in [0.15, 0.2) is 48.5 Å². The van der Waals surface area contributed by atoms with Crippen LogP contribution in [0.3, 0.4) is 0 Å². The van der Waals surface area contributed by atoms with E-state index in [4.69, 9.17) is 11.6 Å². The van der Waals surface area contributed by atoms with Gasteiger partial charge in [0.15, 0.2) is 0 Å². The van der Waals surface area contributed by atoms with Gasteiger partial charge in [0.2, 0.25) is 0 Å². The first-order valence-electron chi connectivity index (χ1n) is 6.03. The van der Waals surface area contributed by atoms with E-state index in [1.165, 1.54) is 0 Å². The molecule has 0 saturated carbocycles. The Morgan fingerprint density at radius 2 is 1.95 bits per heavy atom. The fraction of sp³-hybridized carbons (Fsp3) is 0.133. The van der Waals surface area contributed by atoms with Crippen molar-refractivity contribution in [1.82, 2.24) is 5.32 Å². The first-order chi connectivity index (χ1) is 9.61. The van der Waals surface area contributed by atoms with Gasteiger partial charge in [-0.15, -0.1) is 0 Å². The summed E-state index contributed by atoms with van der Waals surface area (Å²) >= 11 is 8.11. The van der Waals surface area contributed by atoms with Gasteiger partial charge in [0.1, 0.15) is 0 Å². The highest BCUT2D eigenvalue weighted by Crippen LogP contribution is 2.20. The molecule has 0 heterocycles. The van der Waals surface area contributed by atoms with Gasteiger partial charge in [-0.05, 0) is 46.4 Å². The molecule has 1 amide bonds. The molecule has 2 N–H and O–H groups in total. The van der Waals surface area contributed by atoms with E-state index < -0.39 is 6.04 Å². The Bertz CT molecular complexity index is 604. The molecular formula is C15H13ClINO2. The third-order valence-corrected chi connectivity index (χ3v) is 4.44.